The molecule has 0 fully saturated rings. The number of aromatic amines is 1. The molecule has 29 heavy (non-hydrogen) atoms. The first-order valence-corrected chi connectivity index (χ1v) is 10.1. The van der Waals surface area contributed by atoms with Crippen LogP contribution in [0.3, 0.4) is 0 Å². The molecule has 0 aliphatic carbocycles. The van der Waals surface area contributed by atoms with Gasteiger partial charge in [-0.2, -0.15) is 0 Å². The molecule has 2 unspecified atom stereocenters. The lowest BCUT2D eigenvalue weighted by atomic mass is 9.94. The predicted molar refractivity (Wildman–Crippen MR) is 110 cm³/mol. The second-order valence-electron chi connectivity index (χ2n) is 6.64. The average molecular weight is 433 g/mol. The van der Waals surface area contributed by atoms with Crippen molar-refractivity contribution in [2.75, 3.05) is 7.11 Å². The Balaban J connectivity index is 1.75. The molecule has 0 radical (unpaired) electrons. The number of nitrogens with zero attached hydrogens (tertiary/aromatic N) is 3. The number of rotatable bonds is 5. The minimum absolute atomic E-state index is 0.0405. The van der Waals surface area contributed by atoms with Gasteiger partial charge in [0.2, 0.25) is 0 Å². The number of methoxy groups -OCH3 is 1. The summed E-state index contributed by atoms with van der Waals surface area (Å²) >= 11 is 7.56. The largest absolute Gasteiger partial charge is 0.495 e. The van der Waals surface area contributed by atoms with Crippen molar-refractivity contribution in [2.24, 2.45) is 0 Å². The molecule has 2 aromatic heterocycles. The van der Waals surface area contributed by atoms with Gasteiger partial charge >= 0.3 is 0 Å². The standard InChI is InChI=1S/C20H18ClFN4O2S/c1-10-5-11(3-4-23-10)17-7-13(19(29-17)20-24-9-25-26-20)18(27)12-6-16(28-2)14(21)8-15(12)22/h3-6,8-9,17-18,27H,7H2,1-2H3,(H,24,25,26). The molecule has 2 atom stereocenters. The lowest BCUT2D eigenvalue weighted by molar-refractivity contribution is 0.207. The van der Waals surface area contributed by atoms with E-state index >= 15 is 0 Å². The number of hydrogen-bond donors (Lipinski definition) is 2. The monoisotopic (exact) mass is 432 g/mol. The zero-order valence-electron chi connectivity index (χ0n) is 15.7. The number of aryl methyl sites for hydroxylation is 1. The van der Waals surface area contributed by atoms with E-state index in [-0.39, 0.29) is 15.8 Å². The number of pyridine rings is 1. The summed E-state index contributed by atoms with van der Waals surface area (Å²) in [6, 6.07) is 6.54. The molecule has 0 bridgehead atoms. The molecule has 3 heterocycles. The Kier molecular flexibility index (Phi) is 5.58. The van der Waals surface area contributed by atoms with Gasteiger partial charge in [0.25, 0.3) is 0 Å². The third kappa shape index (κ3) is 3.88. The molecule has 1 aliphatic heterocycles. The quantitative estimate of drug-likeness (QED) is 0.611. The smallest absolute Gasteiger partial charge is 0.167 e. The summed E-state index contributed by atoms with van der Waals surface area (Å²) in [6.45, 7) is 1.93. The van der Waals surface area contributed by atoms with E-state index in [1.807, 2.05) is 19.1 Å². The van der Waals surface area contributed by atoms with Crippen LogP contribution in [0.4, 0.5) is 4.39 Å². The molecule has 0 amide bonds. The Hall–Kier alpha value is -2.42. The van der Waals surface area contributed by atoms with E-state index in [4.69, 9.17) is 16.3 Å². The summed E-state index contributed by atoms with van der Waals surface area (Å²) < 4.78 is 19.8. The number of H-pyrrole nitrogens is 1. The highest BCUT2D eigenvalue weighted by atomic mass is 35.5. The number of hydrogen-bond acceptors (Lipinski definition) is 6. The summed E-state index contributed by atoms with van der Waals surface area (Å²) in [5.74, 6) is 0.246. The normalized spacial score (nSPS) is 17.6. The van der Waals surface area contributed by atoms with Crippen LogP contribution < -0.4 is 4.74 Å². The molecule has 3 aromatic rings. The summed E-state index contributed by atoms with van der Waals surface area (Å²) in [5.41, 5.74) is 2.75. The van der Waals surface area contributed by atoms with Gasteiger partial charge in [-0.15, -0.1) is 22.0 Å². The molecule has 0 saturated carbocycles. The minimum Gasteiger partial charge on any atom is -0.495 e. The van der Waals surface area contributed by atoms with E-state index < -0.39 is 11.9 Å². The molecular weight excluding hydrogens is 415 g/mol. The van der Waals surface area contributed by atoms with Crippen LogP contribution in [-0.2, 0) is 0 Å². The van der Waals surface area contributed by atoms with Crippen LogP contribution in [0.2, 0.25) is 5.02 Å². The van der Waals surface area contributed by atoms with E-state index in [2.05, 4.69) is 20.2 Å². The van der Waals surface area contributed by atoms with Gasteiger partial charge in [0, 0.05) is 22.7 Å². The van der Waals surface area contributed by atoms with E-state index in [0.29, 0.717) is 23.6 Å². The maximum Gasteiger partial charge on any atom is 0.167 e. The lowest BCUT2D eigenvalue weighted by Crippen LogP contribution is -2.06. The molecular formula is C20H18ClFN4O2S. The molecule has 6 nitrogen and oxygen atoms in total. The first kappa shape index (κ1) is 19.9. The first-order valence-electron chi connectivity index (χ1n) is 8.87. The Labute approximate surface area is 176 Å². The van der Waals surface area contributed by atoms with Crippen LogP contribution in [-0.4, -0.2) is 32.4 Å². The van der Waals surface area contributed by atoms with Crippen LogP contribution in [0.15, 0.2) is 42.4 Å². The van der Waals surface area contributed by atoms with E-state index in [1.165, 1.54) is 19.5 Å². The minimum atomic E-state index is -1.18. The van der Waals surface area contributed by atoms with Gasteiger partial charge in [0.15, 0.2) is 5.82 Å². The lowest BCUT2D eigenvalue weighted by Gasteiger charge is -2.17. The van der Waals surface area contributed by atoms with Crippen molar-refractivity contribution in [3.8, 4) is 5.75 Å². The van der Waals surface area contributed by atoms with E-state index in [9.17, 15) is 9.50 Å². The highest BCUT2D eigenvalue weighted by Gasteiger charge is 2.34. The third-order valence-electron chi connectivity index (χ3n) is 4.78. The fourth-order valence-corrected chi connectivity index (χ4v) is 4.98. The Morgan fingerprint density at radius 3 is 2.90 bits per heavy atom. The Morgan fingerprint density at radius 1 is 1.38 bits per heavy atom. The fraction of sp³-hybridized carbons (Fsp3) is 0.250. The molecule has 0 spiro atoms. The molecule has 1 aliphatic rings. The van der Waals surface area contributed by atoms with Crippen molar-refractivity contribution < 1.29 is 14.2 Å². The fourth-order valence-electron chi connectivity index (χ4n) is 3.36. The van der Waals surface area contributed by atoms with Gasteiger partial charge in [-0.05, 0) is 48.7 Å². The van der Waals surface area contributed by atoms with Gasteiger partial charge in [-0.25, -0.2) is 4.39 Å². The number of aliphatic hydroxyl groups is 1. The van der Waals surface area contributed by atoms with Crippen molar-refractivity contribution in [1.82, 2.24) is 20.2 Å². The number of aromatic nitrogens is 4. The number of halogens is 2. The molecule has 4 rings (SSSR count). The second kappa shape index (κ2) is 8.14. The SMILES string of the molecule is COc1cc(C(O)C2=C(c3nnc[nH]3)SC(c3ccnc(C)c3)C2)c(F)cc1Cl. The van der Waals surface area contributed by atoms with Crippen LogP contribution in [0.1, 0.15) is 40.4 Å². The number of thioether (sulfide) groups is 1. The summed E-state index contributed by atoms with van der Waals surface area (Å²) in [6.07, 6.45) is 2.58. The Morgan fingerprint density at radius 2 is 2.21 bits per heavy atom. The maximum absolute atomic E-state index is 14.6. The van der Waals surface area contributed by atoms with Crippen molar-refractivity contribution in [2.45, 2.75) is 24.7 Å². The molecule has 2 N–H and O–H groups in total. The van der Waals surface area contributed by atoms with Crippen LogP contribution in [0.5, 0.6) is 5.75 Å². The number of aliphatic hydroxyl groups excluding tert-OH is 1. The molecule has 150 valence electrons. The van der Waals surface area contributed by atoms with Crippen molar-refractivity contribution in [3.05, 3.63) is 75.8 Å². The van der Waals surface area contributed by atoms with Crippen molar-refractivity contribution in [3.63, 3.8) is 0 Å². The average Bonchev–Trinajstić information content (AvgIpc) is 3.37. The van der Waals surface area contributed by atoms with Gasteiger partial charge in [-0.1, -0.05) is 11.6 Å². The number of nitrogens with one attached hydrogen (secondary N) is 1. The molecule has 1 aromatic carbocycles. The van der Waals surface area contributed by atoms with Gasteiger partial charge in [0.05, 0.1) is 17.0 Å². The van der Waals surface area contributed by atoms with Crippen molar-refractivity contribution >= 4 is 28.3 Å². The van der Waals surface area contributed by atoms with Crippen LogP contribution in [0, 0.1) is 12.7 Å². The van der Waals surface area contributed by atoms with Gasteiger partial charge in [-0.3, -0.25) is 4.98 Å². The highest BCUT2D eigenvalue weighted by Crippen LogP contribution is 2.54. The van der Waals surface area contributed by atoms with Gasteiger partial charge < -0.3 is 14.8 Å². The van der Waals surface area contributed by atoms with E-state index in [0.717, 1.165) is 22.2 Å². The number of benzene rings is 1. The van der Waals surface area contributed by atoms with E-state index in [1.54, 1.807) is 18.0 Å². The summed E-state index contributed by atoms with van der Waals surface area (Å²) in [5, 5.41) is 19.2. The van der Waals surface area contributed by atoms with Crippen molar-refractivity contribution in [1.29, 1.82) is 0 Å². The third-order valence-corrected chi connectivity index (χ3v) is 6.49. The number of ether oxygens (including phenoxy) is 1. The topological polar surface area (TPSA) is 83.9 Å². The highest BCUT2D eigenvalue weighted by molar-refractivity contribution is 8.08. The van der Waals surface area contributed by atoms with Crippen LogP contribution in [0.25, 0.3) is 4.91 Å². The summed E-state index contributed by atoms with van der Waals surface area (Å²) in [7, 11) is 1.45. The predicted octanol–water partition coefficient (Wildman–Crippen LogP) is 4.63. The molecule has 9 heteroatoms. The summed E-state index contributed by atoms with van der Waals surface area (Å²) in [4.78, 5) is 7.98. The molecule has 0 saturated heterocycles. The second-order valence-corrected chi connectivity index (χ2v) is 8.26. The first-order chi connectivity index (χ1) is 14.0. The maximum atomic E-state index is 14.6. The Bertz CT molecular complexity index is 1070. The van der Waals surface area contributed by atoms with Gasteiger partial charge in [0.1, 0.15) is 24.0 Å². The zero-order chi connectivity index (χ0) is 20.5. The zero-order valence-corrected chi connectivity index (χ0v) is 17.3. The van der Waals surface area contributed by atoms with Crippen LogP contribution >= 0.6 is 23.4 Å².